The summed E-state index contributed by atoms with van der Waals surface area (Å²) in [5.74, 6) is -3.75. The fraction of sp³-hybridized carbons (Fsp3) is 0.774. The van der Waals surface area contributed by atoms with E-state index in [2.05, 4.69) is 22.9 Å². The van der Waals surface area contributed by atoms with Crippen molar-refractivity contribution in [1.82, 2.24) is 0 Å². The Hall–Kier alpha value is -1.15. The second-order valence-electron chi connectivity index (χ2n) is 11.8. The molecule has 0 spiro atoms. The number of carbonyl (C=O) groups is 1. The van der Waals surface area contributed by atoms with Gasteiger partial charge in [-0.05, 0) is 43.7 Å². The molecule has 0 aromatic heterocycles. The smallest absolute Gasteiger partial charge is 0.314 e. The Balaban J connectivity index is 1.92. The lowest BCUT2D eigenvalue weighted by atomic mass is 9.84. The molecule has 0 saturated carbocycles. The van der Waals surface area contributed by atoms with Crippen LogP contribution in [0.25, 0.3) is 0 Å². The standard InChI is InChI=1S/C31H49BrO10/c1-18-11-10-13-24(33)19(2)25-16-23(41-30-28(38-7)27(37-6)26(36-5)21(4)39-30)17-31(35,42-25)20(3)29(34)40-22(15-18)12-8-9-14-32/h8-10,12-14,18-28,30,33,35H,11,15-17H2,1-7H3/b12-8?,13-10-,14-9?/t18-,19-,20-,21-,22-,23+,24-,25+,26-,27+,28+,30-,31-/m0/s1. The van der Waals surface area contributed by atoms with Crippen LogP contribution in [0.5, 0.6) is 0 Å². The van der Waals surface area contributed by atoms with Crippen LogP contribution in [0.15, 0.2) is 35.4 Å². The molecule has 3 heterocycles. The molecule has 0 aromatic rings. The molecule has 3 rings (SSSR count). The monoisotopic (exact) mass is 660 g/mol. The molecule has 0 aromatic carbocycles. The van der Waals surface area contributed by atoms with E-state index in [0.29, 0.717) is 19.3 Å². The van der Waals surface area contributed by atoms with Crippen LogP contribution < -0.4 is 0 Å². The zero-order valence-corrected chi connectivity index (χ0v) is 27.3. The van der Waals surface area contributed by atoms with Crippen LogP contribution in [0.3, 0.4) is 0 Å². The Morgan fingerprint density at radius 2 is 1.71 bits per heavy atom. The van der Waals surface area contributed by atoms with Gasteiger partial charge in [-0.3, -0.25) is 4.79 Å². The normalized spacial score (nSPS) is 45.0. The molecule has 2 fully saturated rings. The van der Waals surface area contributed by atoms with Crippen molar-refractivity contribution >= 4 is 21.9 Å². The van der Waals surface area contributed by atoms with E-state index in [1.807, 2.05) is 26.0 Å². The first kappa shape index (κ1) is 35.3. The average molecular weight is 662 g/mol. The lowest BCUT2D eigenvalue weighted by molar-refractivity contribution is -0.348. The number of hydrogen-bond donors (Lipinski definition) is 2. The van der Waals surface area contributed by atoms with Crippen LogP contribution in [0.4, 0.5) is 0 Å². The Morgan fingerprint density at radius 3 is 2.36 bits per heavy atom. The van der Waals surface area contributed by atoms with Crippen molar-refractivity contribution in [2.24, 2.45) is 17.8 Å². The van der Waals surface area contributed by atoms with Crippen LogP contribution in [-0.4, -0.2) is 98.4 Å². The summed E-state index contributed by atoms with van der Waals surface area (Å²) in [6, 6.07) is 0. The van der Waals surface area contributed by atoms with Gasteiger partial charge in [0.15, 0.2) is 12.1 Å². The zero-order chi connectivity index (χ0) is 31.0. The van der Waals surface area contributed by atoms with Crippen molar-refractivity contribution in [3.8, 4) is 0 Å². The number of esters is 1. The Bertz CT molecular complexity index is 943. The number of fused-ring (bicyclic) bond motifs is 2. The SMILES string of the molecule is CO[C@@H]1[C@@H](OC)[C@H](C)O[C@@H](O[C@@H]2C[C@H]3O[C@@](O)(C2)[C@@H](C)C(=O)O[C@@H](C=CC=CBr)C[C@@H](C)C/C=C\[C@H](O)[C@@H]3C)[C@@H]1OC. The highest BCUT2D eigenvalue weighted by Crippen LogP contribution is 2.40. The third-order valence-electron chi connectivity index (χ3n) is 8.68. The number of carbonyl (C=O) groups excluding carboxylic acids is 1. The van der Waals surface area contributed by atoms with E-state index < -0.39 is 66.5 Å². The molecule has 0 unspecified atom stereocenters. The number of methoxy groups -OCH3 is 3. The van der Waals surface area contributed by atoms with Gasteiger partial charge in [0, 0.05) is 40.1 Å². The summed E-state index contributed by atoms with van der Waals surface area (Å²) in [6.07, 6.45) is 5.56. The molecule has 240 valence electrons. The number of aliphatic hydroxyl groups is 2. The molecule has 0 aliphatic carbocycles. The topological polar surface area (TPSA) is 122 Å². The molecule has 2 saturated heterocycles. The van der Waals surface area contributed by atoms with Gasteiger partial charge in [0.1, 0.15) is 30.3 Å². The van der Waals surface area contributed by atoms with Crippen molar-refractivity contribution in [2.45, 2.75) is 114 Å². The summed E-state index contributed by atoms with van der Waals surface area (Å²) in [7, 11) is 4.72. The molecule has 11 heteroatoms. The van der Waals surface area contributed by atoms with Gasteiger partial charge in [0.25, 0.3) is 0 Å². The number of halogens is 1. The molecular weight excluding hydrogens is 612 g/mol. The molecular formula is C31H49BrO10. The van der Waals surface area contributed by atoms with Gasteiger partial charge < -0.3 is 43.4 Å². The van der Waals surface area contributed by atoms with Crippen LogP contribution in [0.1, 0.15) is 53.4 Å². The van der Waals surface area contributed by atoms with Gasteiger partial charge in [-0.2, -0.15) is 0 Å². The maximum Gasteiger partial charge on any atom is 0.314 e. The van der Waals surface area contributed by atoms with Gasteiger partial charge in [-0.15, -0.1) is 0 Å². The van der Waals surface area contributed by atoms with E-state index >= 15 is 0 Å². The first-order valence-electron chi connectivity index (χ1n) is 14.8. The number of ether oxygens (including phenoxy) is 7. The maximum absolute atomic E-state index is 13.5. The van der Waals surface area contributed by atoms with Crippen molar-refractivity contribution in [2.75, 3.05) is 21.3 Å². The highest BCUT2D eigenvalue weighted by molar-refractivity contribution is 9.11. The minimum Gasteiger partial charge on any atom is -0.458 e. The summed E-state index contributed by atoms with van der Waals surface area (Å²) < 4.78 is 41.9. The predicted octanol–water partition coefficient (Wildman–Crippen LogP) is 4.02. The Labute approximate surface area is 258 Å². The van der Waals surface area contributed by atoms with Gasteiger partial charge >= 0.3 is 5.97 Å². The summed E-state index contributed by atoms with van der Waals surface area (Å²) in [5.41, 5.74) is 0. The number of allylic oxidation sites excluding steroid dienone is 3. The first-order valence-corrected chi connectivity index (χ1v) is 15.7. The van der Waals surface area contributed by atoms with Gasteiger partial charge in [-0.1, -0.05) is 54.1 Å². The molecule has 0 amide bonds. The quantitative estimate of drug-likeness (QED) is 0.235. The Morgan fingerprint density at radius 1 is 1.02 bits per heavy atom. The molecule has 3 aliphatic rings. The fourth-order valence-electron chi connectivity index (χ4n) is 6.02. The van der Waals surface area contributed by atoms with Crippen LogP contribution in [0, 0.1) is 17.8 Å². The van der Waals surface area contributed by atoms with Crippen LogP contribution in [0.2, 0.25) is 0 Å². The lowest BCUT2D eigenvalue weighted by Crippen LogP contribution is -2.61. The van der Waals surface area contributed by atoms with Crippen LogP contribution >= 0.6 is 15.9 Å². The molecule has 13 atom stereocenters. The van der Waals surface area contributed by atoms with Crippen molar-refractivity contribution < 1.29 is 48.2 Å². The highest BCUT2D eigenvalue weighted by atomic mass is 79.9. The number of cyclic esters (lactones) is 1. The number of aliphatic hydroxyl groups excluding tert-OH is 1. The Kier molecular flexibility index (Phi) is 13.7. The van der Waals surface area contributed by atoms with E-state index in [1.54, 1.807) is 51.5 Å². The zero-order valence-electron chi connectivity index (χ0n) is 25.8. The molecule has 10 nitrogen and oxygen atoms in total. The van der Waals surface area contributed by atoms with Crippen molar-refractivity contribution in [3.05, 3.63) is 35.4 Å². The minimum absolute atomic E-state index is 0.0162. The van der Waals surface area contributed by atoms with Gasteiger partial charge in [0.05, 0.1) is 24.4 Å². The van der Waals surface area contributed by atoms with Crippen molar-refractivity contribution in [3.63, 3.8) is 0 Å². The summed E-state index contributed by atoms with van der Waals surface area (Å²) in [4.78, 5) is 15.2. The van der Waals surface area contributed by atoms with E-state index in [9.17, 15) is 15.0 Å². The molecule has 2 N–H and O–H groups in total. The molecule has 42 heavy (non-hydrogen) atoms. The molecule has 2 bridgehead atoms. The van der Waals surface area contributed by atoms with E-state index in [0.717, 1.165) is 0 Å². The van der Waals surface area contributed by atoms with E-state index in [-0.39, 0.29) is 24.5 Å². The van der Waals surface area contributed by atoms with Crippen molar-refractivity contribution in [1.29, 1.82) is 0 Å². The second-order valence-corrected chi connectivity index (χ2v) is 12.3. The minimum atomic E-state index is -1.92. The lowest BCUT2D eigenvalue weighted by Gasteiger charge is -2.48. The first-order chi connectivity index (χ1) is 20.0. The maximum atomic E-state index is 13.5. The van der Waals surface area contributed by atoms with E-state index in [1.165, 1.54) is 0 Å². The molecule has 3 aliphatic heterocycles. The summed E-state index contributed by atoms with van der Waals surface area (Å²) >= 11 is 3.24. The average Bonchev–Trinajstić information content (AvgIpc) is 2.95. The van der Waals surface area contributed by atoms with Gasteiger partial charge in [-0.25, -0.2) is 0 Å². The second kappa shape index (κ2) is 16.2. The van der Waals surface area contributed by atoms with E-state index in [4.69, 9.17) is 33.2 Å². The predicted molar refractivity (Wildman–Crippen MR) is 160 cm³/mol. The van der Waals surface area contributed by atoms with Gasteiger partial charge in [0.2, 0.25) is 0 Å². The molecule has 0 radical (unpaired) electrons. The highest BCUT2D eigenvalue weighted by Gasteiger charge is 2.52. The third-order valence-corrected chi connectivity index (χ3v) is 8.99. The number of rotatable bonds is 7. The third kappa shape index (κ3) is 8.73. The summed E-state index contributed by atoms with van der Waals surface area (Å²) in [6.45, 7) is 7.40. The largest absolute Gasteiger partial charge is 0.458 e. The number of hydrogen-bond acceptors (Lipinski definition) is 10. The van der Waals surface area contributed by atoms with Crippen LogP contribution in [-0.2, 0) is 38.0 Å². The fourth-order valence-corrected chi connectivity index (χ4v) is 6.19. The summed E-state index contributed by atoms with van der Waals surface area (Å²) in [5, 5.41) is 23.0.